The fourth-order valence-corrected chi connectivity index (χ4v) is 2.93. The van der Waals surface area contributed by atoms with Gasteiger partial charge in [0.2, 0.25) is 0 Å². The average Bonchev–Trinajstić information content (AvgIpc) is 2.26. The van der Waals surface area contributed by atoms with E-state index in [9.17, 15) is 10.1 Å². The molecule has 1 fully saturated rings. The molecule has 3 rings (SSSR count). The molecule has 0 amide bonds. The van der Waals surface area contributed by atoms with E-state index in [-0.39, 0.29) is 16.7 Å². The number of hydrogen-bond acceptors (Lipinski definition) is 3. The SMILES string of the molecule is O=[N+]([O-])C1=Cc2cc(I)ccc2OC1C1CCC1. The van der Waals surface area contributed by atoms with Gasteiger partial charge < -0.3 is 4.74 Å². The Kier molecular flexibility index (Phi) is 3.01. The quantitative estimate of drug-likeness (QED) is 0.463. The Morgan fingerprint density at radius 1 is 1.39 bits per heavy atom. The minimum atomic E-state index is -0.374. The van der Waals surface area contributed by atoms with E-state index in [4.69, 9.17) is 4.74 Å². The van der Waals surface area contributed by atoms with E-state index < -0.39 is 0 Å². The number of nitro groups is 1. The Balaban J connectivity index is 2.01. The highest BCUT2D eigenvalue weighted by molar-refractivity contribution is 14.1. The van der Waals surface area contributed by atoms with E-state index in [0.717, 1.165) is 34.1 Å². The van der Waals surface area contributed by atoms with Crippen LogP contribution in [0.25, 0.3) is 6.08 Å². The summed E-state index contributed by atoms with van der Waals surface area (Å²) in [5.74, 6) is 1.06. The summed E-state index contributed by atoms with van der Waals surface area (Å²) in [7, 11) is 0. The second-order valence-electron chi connectivity index (χ2n) is 4.74. The van der Waals surface area contributed by atoms with Crippen LogP contribution in [0.4, 0.5) is 0 Å². The Bertz CT molecular complexity index is 537. The summed E-state index contributed by atoms with van der Waals surface area (Å²) in [6.07, 6.45) is 4.49. The van der Waals surface area contributed by atoms with Gasteiger partial charge in [-0.2, -0.15) is 0 Å². The van der Waals surface area contributed by atoms with Crippen molar-refractivity contribution in [3.05, 3.63) is 43.1 Å². The number of benzene rings is 1. The zero-order valence-electron chi connectivity index (χ0n) is 9.64. The fourth-order valence-electron chi connectivity index (χ4n) is 2.41. The zero-order valence-corrected chi connectivity index (χ0v) is 11.8. The van der Waals surface area contributed by atoms with E-state index in [1.165, 1.54) is 0 Å². The van der Waals surface area contributed by atoms with Gasteiger partial charge in [-0.1, -0.05) is 6.42 Å². The molecule has 2 aliphatic rings. The first-order valence-electron chi connectivity index (χ1n) is 5.97. The lowest BCUT2D eigenvalue weighted by Crippen LogP contribution is -2.37. The molecule has 18 heavy (non-hydrogen) atoms. The van der Waals surface area contributed by atoms with Gasteiger partial charge >= 0.3 is 0 Å². The van der Waals surface area contributed by atoms with Crippen LogP contribution < -0.4 is 4.74 Å². The molecule has 0 N–H and O–H groups in total. The van der Waals surface area contributed by atoms with Crippen molar-refractivity contribution >= 4 is 28.7 Å². The topological polar surface area (TPSA) is 52.4 Å². The molecule has 1 heterocycles. The average molecular weight is 357 g/mol. The van der Waals surface area contributed by atoms with Crippen LogP contribution in [-0.2, 0) is 0 Å². The second kappa shape index (κ2) is 4.53. The molecule has 1 aromatic rings. The molecule has 1 aromatic carbocycles. The highest BCUT2D eigenvalue weighted by atomic mass is 127. The normalized spacial score (nSPS) is 22.5. The minimum absolute atomic E-state index is 0.203. The molecule has 0 spiro atoms. The van der Waals surface area contributed by atoms with Gasteiger partial charge in [0.15, 0.2) is 6.10 Å². The van der Waals surface area contributed by atoms with Gasteiger partial charge in [0.25, 0.3) is 5.70 Å². The first-order valence-corrected chi connectivity index (χ1v) is 7.05. The zero-order chi connectivity index (χ0) is 12.7. The summed E-state index contributed by atoms with van der Waals surface area (Å²) in [6, 6.07) is 5.77. The van der Waals surface area contributed by atoms with Gasteiger partial charge in [0.1, 0.15) is 5.75 Å². The van der Waals surface area contributed by atoms with E-state index in [2.05, 4.69) is 22.6 Å². The third-order valence-electron chi connectivity index (χ3n) is 3.61. The monoisotopic (exact) mass is 357 g/mol. The Hall–Kier alpha value is -1.11. The highest BCUT2D eigenvalue weighted by Gasteiger charge is 2.40. The first kappa shape index (κ1) is 12.0. The van der Waals surface area contributed by atoms with Gasteiger partial charge in [-0.3, -0.25) is 10.1 Å². The van der Waals surface area contributed by atoms with Crippen LogP contribution in [0.15, 0.2) is 23.9 Å². The molecule has 94 valence electrons. The summed E-state index contributed by atoms with van der Waals surface area (Å²) in [5.41, 5.74) is 1.01. The molecular weight excluding hydrogens is 345 g/mol. The van der Waals surface area contributed by atoms with Crippen molar-refractivity contribution in [3.8, 4) is 5.75 Å². The highest BCUT2D eigenvalue weighted by Crippen LogP contribution is 2.40. The predicted octanol–water partition coefficient (Wildman–Crippen LogP) is 3.47. The maximum Gasteiger partial charge on any atom is 0.287 e. The number of hydrogen-bond donors (Lipinski definition) is 0. The van der Waals surface area contributed by atoms with E-state index in [0.29, 0.717) is 5.92 Å². The number of ether oxygens (including phenoxy) is 1. The van der Waals surface area contributed by atoms with Crippen LogP contribution in [0.5, 0.6) is 5.75 Å². The Morgan fingerprint density at radius 2 is 2.17 bits per heavy atom. The minimum Gasteiger partial charge on any atom is -0.478 e. The number of nitrogens with zero attached hydrogens (tertiary/aromatic N) is 1. The number of halogens is 1. The smallest absolute Gasteiger partial charge is 0.287 e. The van der Waals surface area contributed by atoms with Crippen molar-refractivity contribution in [2.24, 2.45) is 5.92 Å². The van der Waals surface area contributed by atoms with Gasteiger partial charge in [-0.25, -0.2) is 0 Å². The van der Waals surface area contributed by atoms with Gasteiger partial charge in [0.05, 0.1) is 4.92 Å². The van der Waals surface area contributed by atoms with E-state index >= 15 is 0 Å². The lowest BCUT2D eigenvalue weighted by molar-refractivity contribution is -0.436. The standard InChI is InChI=1S/C13H12INO3/c14-10-4-5-12-9(6-10)7-11(15(16)17)13(18-12)8-2-1-3-8/h4-8,13H,1-3H2. The van der Waals surface area contributed by atoms with Crippen molar-refractivity contribution in [3.63, 3.8) is 0 Å². The van der Waals surface area contributed by atoms with E-state index in [1.807, 2.05) is 18.2 Å². The number of rotatable bonds is 2. The molecule has 4 nitrogen and oxygen atoms in total. The van der Waals surface area contributed by atoms with E-state index in [1.54, 1.807) is 6.08 Å². The maximum absolute atomic E-state index is 11.2. The fraction of sp³-hybridized carbons (Fsp3) is 0.385. The molecule has 1 aliphatic heterocycles. The van der Waals surface area contributed by atoms with Crippen LogP contribution in [0, 0.1) is 19.6 Å². The molecule has 0 saturated heterocycles. The first-order chi connectivity index (χ1) is 8.65. The summed E-state index contributed by atoms with van der Waals surface area (Å²) in [4.78, 5) is 10.9. The van der Waals surface area contributed by atoms with Crippen LogP contribution in [0.3, 0.4) is 0 Å². The van der Waals surface area contributed by atoms with Crippen LogP contribution in [0.2, 0.25) is 0 Å². The van der Waals surface area contributed by atoms with Gasteiger partial charge in [-0.05, 0) is 53.6 Å². The van der Waals surface area contributed by atoms with Crippen molar-refractivity contribution < 1.29 is 9.66 Å². The van der Waals surface area contributed by atoms with Crippen LogP contribution >= 0.6 is 22.6 Å². The van der Waals surface area contributed by atoms with Crippen molar-refractivity contribution in [2.45, 2.75) is 25.4 Å². The summed E-state index contributed by atoms with van der Waals surface area (Å²) in [5, 5.41) is 11.2. The molecule has 0 radical (unpaired) electrons. The molecule has 1 atom stereocenters. The lowest BCUT2D eigenvalue weighted by atomic mass is 9.79. The van der Waals surface area contributed by atoms with Crippen LogP contribution in [-0.4, -0.2) is 11.0 Å². The molecular formula is C13H12INO3. The van der Waals surface area contributed by atoms with Gasteiger partial charge in [0, 0.05) is 21.1 Å². The molecule has 1 unspecified atom stereocenters. The number of fused-ring (bicyclic) bond motifs is 1. The molecule has 1 saturated carbocycles. The van der Waals surface area contributed by atoms with Crippen molar-refractivity contribution in [1.82, 2.24) is 0 Å². The third-order valence-corrected chi connectivity index (χ3v) is 4.28. The molecule has 1 aliphatic carbocycles. The summed E-state index contributed by atoms with van der Waals surface area (Å²) < 4.78 is 6.90. The lowest BCUT2D eigenvalue weighted by Gasteiger charge is -2.34. The van der Waals surface area contributed by atoms with Gasteiger partial charge in [-0.15, -0.1) is 0 Å². The largest absolute Gasteiger partial charge is 0.478 e. The third kappa shape index (κ3) is 2.00. The van der Waals surface area contributed by atoms with Crippen LogP contribution in [0.1, 0.15) is 24.8 Å². The Labute approximate surface area is 118 Å². The molecule has 0 aromatic heterocycles. The molecule has 0 bridgehead atoms. The molecule has 5 heteroatoms. The Morgan fingerprint density at radius 3 is 2.78 bits per heavy atom. The van der Waals surface area contributed by atoms with Crippen molar-refractivity contribution in [1.29, 1.82) is 0 Å². The summed E-state index contributed by atoms with van der Waals surface area (Å²) in [6.45, 7) is 0. The maximum atomic E-state index is 11.2. The predicted molar refractivity (Wildman–Crippen MR) is 75.9 cm³/mol. The van der Waals surface area contributed by atoms with Crippen molar-refractivity contribution in [2.75, 3.05) is 0 Å². The summed E-state index contributed by atoms with van der Waals surface area (Å²) >= 11 is 2.19. The second-order valence-corrected chi connectivity index (χ2v) is 5.98.